The monoisotopic (exact) mass is 308 g/mol. The van der Waals surface area contributed by atoms with E-state index in [4.69, 9.17) is 5.73 Å². The highest BCUT2D eigenvalue weighted by Crippen LogP contribution is 2.22. The van der Waals surface area contributed by atoms with Gasteiger partial charge in [0.15, 0.2) is 0 Å². The predicted octanol–water partition coefficient (Wildman–Crippen LogP) is 0.634. The van der Waals surface area contributed by atoms with Gasteiger partial charge >= 0.3 is 0 Å². The van der Waals surface area contributed by atoms with Crippen LogP contribution in [0.1, 0.15) is 0 Å². The molecule has 0 aliphatic rings. The molecule has 0 radical (unpaired) electrons. The van der Waals surface area contributed by atoms with E-state index in [0.717, 1.165) is 16.5 Å². The molecule has 0 fully saturated rings. The molecule has 2 rings (SSSR count). The summed E-state index contributed by atoms with van der Waals surface area (Å²) in [6.45, 7) is 1.29. The number of nitrogens with two attached hydrogens (primary N) is 1. The van der Waals surface area contributed by atoms with Gasteiger partial charge in [-0.15, -0.1) is 0 Å². The summed E-state index contributed by atoms with van der Waals surface area (Å²) in [4.78, 5) is 0. The van der Waals surface area contributed by atoms with Gasteiger partial charge in [0, 0.05) is 37.3 Å². The fourth-order valence-electron chi connectivity index (χ4n) is 2.01. The van der Waals surface area contributed by atoms with Crippen LogP contribution in [0.2, 0.25) is 0 Å². The largest absolute Gasteiger partial charge is 0.383 e. The van der Waals surface area contributed by atoms with E-state index < -0.39 is 10.2 Å². The van der Waals surface area contributed by atoms with Crippen molar-refractivity contribution in [2.75, 3.05) is 31.5 Å². The van der Waals surface area contributed by atoms with Crippen molar-refractivity contribution in [3.63, 3.8) is 0 Å². The minimum atomic E-state index is -3.46. The smallest absolute Gasteiger partial charge is 0.277 e. The first-order chi connectivity index (χ1) is 10.1. The number of fused-ring (bicyclic) bond motifs is 1. The lowest BCUT2D eigenvalue weighted by atomic mass is 10.1. The molecular weight excluding hydrogens is 288 g/mol. The second kappa shape index (κ2) is 7.37. The molecule has 0 saturated heterocycles. The Bertz CT molecular complexity index is 683. The average molecular weight is 308 g/mol. The summed E-state index contributed by atoms with van der Waals surface area (Å²) in [5.41, 5.74) is 6.24. The molecule has 2 aromatic carbocycles. The summed E-state index contributed by atoms with van der Waals surface area (Å²) < 4.78 is 27.8. The number of anilines is 1. The SMILES string of the molecule is NCCNS(=O)(=O)NCCNc1cccc2ccccc12. The van der Waals surface area contributed by atoms with Crippen molar-refractivity contribution in [2.24, 2.45) is 5.73 Å². The van der Waals surface area contributed by atoms with Crippen molar-refractivity contribution in [3.05, 3.63) is 42.5 Å². The van der Waals surface area contributed by atoms with Crippen LogP contribution in [0.25, 0.3) is 10.8 Å². The molecule has 0 unspecified atom stereocenters. The zero-order valence-corrected chi connectivity index (χ0v) is 12.5. The summed E-state index contributed by atoms with van der Waals surface area (Å²) >= 11 is 0. The quantitative estimate of drug-likeness (QED) is 0.538. The van der Waals surface area contributed by atoms with Gasteiger partial charge in [-0.2, -0.15) is 8.42 Å². The van der Waals surface area contributed by atoms with Crippen molar-refractivity contribution < 1.29 is 8.42 Å². The number of hydrogen-bond acceptors (Lipinski definition) is 4. The van der Waals surface area contributed by atoms with Crippen LogP contribution in [0.5, 0.6) is 0 Å². The van der Waals surface area contributed by atoms with Gasteiger partial charge in [-0.3, -0.25) is 0 Å². The van der Waals surface area contributed by atoms with E-state index in [0.29, 0.717) is 13.1 Å². The Balaban J connectivity index is 1.88. The van der Waals surface area contributed by atoms with Crippen LogP contribution in [0.15, 0.2) is 42.5 Å². The van der Waals surface area contributed by atoms with Gasteiger partial charge in [0.25, 0.3) is 10.2 Å². The van der Waals surface area contributed by atoms with Gasteiger partial charge in [-0.25, -0.2) is 9.44 Å². The van der Waals surface area contributed by atoms with Crippen molar-refractivity contribution in [1.29, 1.82) is 0 Å². The van der Waals surface area contributed by atoms with E-state index in [1.807, 2.05) is 42.5 Å². The minimum absolute atomic E-state index is 0.228. The molecule has 0 heterocycles. The predicted molar refractivity (Wildman–Crippen MR) is 86.4 cm³/mol. The first-order valence-electron chi connectivity index (χ1n) is 6.78. The van der Waals surface area contributed by atoms with Crippen LogP contribution in [0, 0.1) is 0 Å². The van der Waals surface area contributed by atoms with E-state index >= 15 is 0 Å². The highest BCUT2D eigenvalue weighted by molar-refractivity contribution is 7.87. The van der Waals surface area contributed by atoms with Gasteiger partial charge < -0.3 is 11.1 Å². The van der Waals surface area contributed by atoms with E-state index in [2.05, 4.69) is 14.8 Å². The molecule has 21 heavy (non-hydrogen) atoms. The maximum Gasteiger partial charge on any atom is 0.277 e. The van der Waals surface area contributed by atoms with E-state index in [9.17, 15) is 8.42 Å². The molecule has 6 nitrogen and oxygen atoms in total. The fraction of sp³-hybridized carbons (Fsp3) is 0.286. The van der Waals surface area contributed by atoms with Crippen LogP contribution in [-0.2, 0) is 10.2 Å². The van der Waals surface area contributed by atoms with Gasteiger partial charge in [0.05, 0.1) is 0 Å². The highest BCUT2D eigenvalue weighted by Gasteiger charge is 2.06. The molecule has 0 aromatic heterocycles. The van der Waals surface area contributed by atoms with Crippen molar-refractivity contribution in [1.82, 2.24) is 9.44 Å². The third kappa shape index (κ3) is 4.68. The second-order valence-corrected chi connectivity index (χ2v) is 6.12. The van der Waals surface area contributed by atoms with Gasteiger partial charge in [0.1, 0.15) is 0 Å². The normalized spacial score (nSPS) is 11.7. The summed E-state index contributed by atoms with van der Waals surface area (Å²) in [6, 6.07) is 14.0. The standard InChI is InChI=1S/C14H20N4O2S/c15-8-9-17-21(19,20)18-11-10-16-14-7-3-5-12-4-1-2-6-13(12)14/h1-7,16-18H,8-11,15H2. The first-order valence-corrected chi connectivity index (χ1v) is 8.27. The Kier molecular flexibility index (Phi) is 5.51. The lowest BCUT2D eigenvalue weighted by Crippen LogP contribution is -2.40. The Labute approximate surface area is 124 Å². The molecule has 0 atom stereocenters. The Morgan fingerprint density at radius 1 is 0.905 bits per heavy atom. The molecule has 0 spiro atoms. The molecule has 0 aliphatic carbocycles. The van der Waals surface area contributed by atoms with Crippen LogP contribution in [0.4, 0.5) is 5.69 Å². The Hall–Kier alpha value is -1.67. The summed E-state index contributed by atoms with van der Waals surface area (Å²) in [5.74, 6) is 0. The molecule has 2 aromatic rings. The van der Waals surface area contributed by atoms with Crippen molar-refractivity contribution in [3.8, 4) is 0 Å². The third-order valence-electron chi connectivity index (χ3n) is 2.96. The average Bonchev–Trinajstić information content (AvgIpc) is 2.50. The molecule has 0 bridgehead atoms. The lowest BCUT2D eigenvalue weighted by molar-refractivity contribution is 0.568. The van der Waals surface area contributed by atoms with E-state index in [1.54, 1.807) is 0 Å². The van der Waals surface area contributed by atoms with E-state index in [1.165, 1.54) is 0 Å². The maximum atomic E-state index is 11.5. The first kappa shape index (κ1) is 15.7. The minimum Gasteiger partial charge on any atom is -0.383 e. The number of nitrogens with one attached hydrogen (secondary N) is 3. The number of rotatable bonds is 8. The molecule has 0 saturated carbocycles. The molecule has 114 valence electrons. The molecular formula is C14H20N4O2S. The van der Waals surface area contributed by atoms with Crippen molar-refractivity contribution in [2.45, 2.75) is 0 Å². The number of hydrogen-bond donors (Lipinski definition) is 4. The molecule has 5 N–H and O–H groups in total. The highest BCUT2D eigenvalue weighted by atomic mass is 32.2. The number of benzene rings is 2. The lowest BCUT2D eigenvalue weighted by Gasteiger charge is -2.11. The molecule has 0 amide bonds. The van der Waals surface area contributed by atoms with Crippen LogP contribution < -0.4 is 20.5 Å². The zero-order chi connectivity index (χ0) is 15.1. The maximum absolute atomic E-state index is 11.5. The Morgan fingerprint density at radius 2 is 1.62 bits per heavy atom. The summed E-state index contributed by atoms with van der Waals surface area (Å²) in [7, 11) is -3.46. The van der Waals surface area contributed by atoms with Gasteiger partial charge in [-0.1, -0.05) is 36.4 Å². The summed E-state index contributed by atoms with van der Waals surface area (Å²) in [6.07, 6.45) is 0. The fourth-order valence-corrected chi connectivity index (χ4v) is 2.87. The van der Waals surface area contributed by atoms with Crippen LogP contribution in [-0.4, -0.2) is 34.6 Å². The van der Waals surface area contributed by atoms with Crippen molar-refractivity contribution >= 4 is 26.7 Å². The Morgan fingerprint density at radius 3 is 2.43 bits per heavy atom. The van der Waals surface area contributed by atoms with E-state index in [-0.39, 0.29) is 13.1 Å². The van der Waals surface area contributed by atoms with Crippen LogP contribution >= 0.6 is 0 Å². The zero-order valence-electron chi connectivity index (χ0n) is 11.7. The van der Waals surface area contributed by atoms with Gasteiger partial charge in [0.2, 0.25) is 0 Å². The molecule has 0 aliphatic heterocycles. The van der Waals surface area contributed by atoms with Crippen LogP contribution in [0.3, 0.4) is 0 Å². The topological polar surface area (TPSA) is 96.2 Å². The van der Waals surface area contributed by atoms with Gasteiger partial charge in [-0.05, 0) is 11.5 Å². The third-order valence-corrected chi connectivity index (χ3v) is 4.13. The molecule has 7 heteroatoms. The second-order valence-electron chi connectivity index (χ2n) is 4.53. The summed E-state index contributed by atoms with van der Waals surface area (Å²) in [5, 5.41) is 5.50.